The van der Waals surface area contributed by atoms with Gasteiger partial charge in [0.25, 0.3) is 11.2 Å². The molecule has 7 heteroatoms. The van der Waals surface area contributed by atoms with E-state index in [1.807, 2.05) is 68.4 Å². The fraction of sp³-hybridized carbons (Fsp3) is 0.130. The van der Waals surface area contributed by atoms with Gasteiger partial charge in [0.1, 0.15) is 18.0 Å². The molecular formula is C23H20N6O. The summed E-state index contributed by atoms with van der Waals surface area (Å²) >= 11 is 0. The predicted molar refractivity (Wildman–Crippen MR) is 119 cm³/mol. The quantitative estimate of drug-likeness (QED) is 0.500. The van der Waals surface area contributed by atoms with E-state index >= 15 is 0 Å². The summed E-state index contributed by atoms with van der Waals surface area (Å²) in [7, 11) is 0. The van der Waals surface area contributed by atoms with Crippen molar-refractivity contribution in [3.63, 3.8) is 0 Å². The molecule has 148 valence electrons. The van der Waals surface area contributed by atoms with Crippen LogP contribution in [0.5, 0.6) is 0 Å². The second-order valence-electron chi connectivity index (χ2n) is 7.01. The Balaban J connectivity index is 1.93. The van der Waals surface area contributed by atoms with E-state index in [2.05, 4.69) is 20.1 Å². The Morgan fingerprint density at radius 3 is 2.63 bits per heavy atom. The molecule has 0 bridgehead atoms. The van der Waals surface area contributed by atoms with Gasteiger partial charge in [-0.1, -0.05) is 36.4 Å². The summed E-state index contributed by atoms with van der Waals surface area (Å²) in [5, 5.41) is 3.24. The maximum atomic E-state index is 13.5. The van der Waals surface area contributed by atoms with Gasteiger partial charge in [-0.3, -0.25) is 9.20 Å². The largest absolute Gasteiger partial charge is 0.392 e. The van der Waals surface area contributed by atoms with Crippen molar-refractivity contribution < 1.29 is 0 Å². The molecule has 0 saturated heterocycles. The van der Waals surface area contributed by atoms with Crippen LogP contribution < -0.4 is 16.6 Å². The highest BCUT2D eigenvalue weighted by molar-refractivity contribution is 5.77. The Hall–Kier alpha value is -4.18. The van der Waals surface area contributed by atoms with Crippen molar-refractivity contribution in [1.82, 2.24) is 14.4 Å². The van der Waals surface area contributed by atoms with E-state index in [0.29, 0.717) is 11.4 Å². The molecule has 7 nitrogen and oxygen atoms in total. The van der Waals surface area contributed by atoms with Crippen molar-refractivity contribution in [1.29, 1.82) is 0 Å². The zero-order valence-electron chi connectivity index (χ0n) is 16.6. The van der Waals surface area contributed by atoms with Gasteiger partial charge in [-0.2, -0.15) is 0 Å². The van der Waals surface area contributed by atoms with E-state index in [-0.39, 0.29) is 23.1 Å². The molecule has 0 spiro atoms. The van der Waals surface area contributed by atoms with Crippen molar-refractivity contribution in [3.8, 4) is 11.1 Å². The van der Waals surface area contributed by atoms with Gasteiger partial charge < -0.3 is 11.1 Å². The van der Waals surface area contributed by atoms with Gasteiger partial charge in [-0.15, -0.1) is 0 Å². The molecule has 0 unspecified atom stereocenters. The van der Waals surface area contributed by atoms with Gasteiger partial charge in [0.15, 0.2) is 0 Å². The summed E-state index contributed by atoms with van der Waals surface area (Å²) in [6.07, 6.45) is 1.32. The second kappa shape index (κ2) is 7.68. The van der Waals surface area contributed by atoms with Crippen molar-refractivity contribution >= 4 is 22.8 Å². The smallest absolute Gasteiger partial charge is 0.268 e. The highest BCUT2D eigenvalue weighted by atomic mass is 16.1. The van der Waals surface area contributed by atoms with Crippen LogP contribution in [-0.4, -0.2) is 14.4 Å². The molecule has 1 atom stereocenters. The number of nitrogen functional groups attached to an aromatic ring is 1. The van der Waals surface area contributed by atoms with Gasteiger partial charge >= 0.3 is 0 Å². The van der Waals surface area contributed by atoms with E-state index in [9.17, 15) is 4.79 Å². The molecule has 0 amide bonds. The lowest BCUT2D eigenvalue weighted by Crippen LogP contribution is -2.22. The molecule has 3 heterocycles. The Kier molecular flexibility index (Phi) is 4.90. The summed E-state index contributed by atoms with van der Waals surface area (Å²) in [4.78, 5) is 25.1. The monoisotopic (exact) mass is 396 g/mol. The molecule has 0 aliphatic rings. The number of nitrogens with two attached hydrogens (primary N) is 1. The van der Waals surface area contributed by atoms with E-state index < -0.39 is 0 Å². The van der Waals surface area contributed by atoms with E-state index in [1.165, 1.54) is 6.33 Å². The van der Waals surface area contributed by atoms with E-state index in [4.69, 9.17) is 12.3 Å². The first-order chi connectivity index (χ1) is 14.5. The average molecular weight is 396 g/mol. The number of nitrogens with zero attached hydrogens (tertiary/aromatic N) is 4. The molecule has 3 aromatic heterocycles. The molecule has 30 heavy (non-hydrogen) atoms. The van der Waals surface area contributed by atoms with Gasteiger partial charge in [0.05, 0.1) is 12.1 Å². The number of anilines is 2. The summed E-state index contributed by atoms with van der Waals surface area (Å²) in [6.45, 7) is 11.2. The van der Waals surface area contributed by atoms with Crippen molar-refractivity contribution in [2.75, 3.05) is 11.1 Å². The Morgan fingerprint density at radius 2 is 1.90 bits per heavy atom. The van der Waals surface area contributed by atoms with Crippen LogP contribution in [0.3, 0.4) is 0 Å². The molecule has 4 rings (SSSR count). The van der Waals surface area contributed by atoms with Crippen LogP contribution in [-0.2, 0) is 0 Å². The second-order valence-corrected chi connectivity index (χ2v) is 7.01. The van der Waals surface area contributed by atoms with E-state index in [0.717, 1.165) is 22.3 Å². The van der Waals surface area contributed by atoms with E-state index in [1.54, 1.807) is 4.40 Å². The third kappa shape index (κ3) is 3.25. The predicted octanol–water partition coefficient (Wildman–Crippen LogP) is 4.37. The van der Waals surface area contributed by atoms with Gasteiger partial charge in [-0.25, -0.2) is 14.8 Å². The average Bonchev–Trinajstić information content (AvgIpc) is 2.74. The molecule has 4 aromatic rings. The number of rotatable bonds is 4. The molecule has 1 aromatic carbocycles. The van der Waals surface area contributed by atoms with Gasteiger partial charge in [0.2, 0.25) is 0 Å². The summed E-state index contributed by atoms with van der Waals surface area (Å²) in [5.41, 5.74) is 9.81. The maximum absolute atomic E-state index is 13.5. The topological polar surface area (TPSA) is 89.7 Å². The summed E-state index contributed by atoms with van der Waals surface area (Å²) in [5.74, 6) is 0.459. The fourth-order valence-corrected chi connectivity index (χ4v) is 3.62. The van der Waals surface area contributed by atoms with Crippen LogP contribution in [0.2, 0.25) is 0 Å². The van der Waals surface area contributed by atoms with Crippen LogP contribution in [0.1, 0.15) is 24.2 Å². The minimum Gasteiger partial charge on any atom is -0.392 e. The first-order valence-electron chi connectivity index (χ1n) is 9.46. The minimum absolute atomic E-state index is 0.0898. The highest BCUT2D eigenvalue weighted by Gasteiger charge is 2.20. The third-order valence-electron chi connectivity index (χ3n) is 5.07. The zero-order valence-corrected chi connectivity index (χ0v) is 16.6. The van der Waals surface area contributed by atoms with Gasteiger partial charge in [0, 0.05) is 17.3 Å². The number of aromatic nitrogens is 3. The van der Waals surface area contributed by atoms with Gasteiger partial charge in [-0.05, 0) is 43.2 Å². The lowest BCUT2D eigenvalue weighted by atomic mass is 9.96. The number of pyridine rings is 2. The number of benzene rings is 1. The van der Waals surface area contributed by atoms with Crippen LogP contribution in [0, 0.1) is 13.5 Å². The van der Waals surface area contributed by atoms with Crippen molar-refractivity contribution in [2.24, 2.45) is 0 Å². The van der Waals surface area contributed by atoms with Crippen LogP contribution in [0.15, 0.2) is 65.7 Å². The first-order valence-corrected chi connectivity index (χ1v) is 9.46. The Bertz CT molecular complexity index is 1340. The highest BCUT2D eigenvalue weighted by Crippen LogP contribution is 2.33. The SMILES string of the molecule is [C-]#[N+]c1c(N)ncnc1N[C@H](C)c1cc2cccc(C)n2c(=O)c1-c1ccccc1. The molecule has 0 fully saturated rings. The molecule has 3 N–H and O–H groups in total. The molecule has 0 radical (unpaired) electrons. The third-order valence-corrected chi connectivity index (χ3v) is 5.07. The Labute approximate surface area is 173 Å². The summed E-state index contributed by atoms with van der Waals surface area (Å²) in [6, 6.07) is 17.0. The lowest BCUT2D eigenvalue weighted by Gasteiger charge is -2.21. The Morgan fingerprint density at radius 1 is 1.13 bits per heavy atom. The van der Waals surface area contributed by atoms with Crippen LogP contribution in [0.25, 0.3) is 21.5 Å². The number of hydrogen-bond acceptors (Lipinski definition) is 5. The molecule has 0 aliphatic heterocycles. The zero-order chi connectivity index (χ0) is 21.3. The maximum Gasteiger partial charge on any atom is 0.268 e. The minimum atomic E-state index is -0.312. The first kappa shape index (κ1) is 19.2. The standard InChI is InChI=1S/C23H20N6O/c1-14-8-7-11-17-12-18(15(2)28-22-20(25-3)21(24)26-13-27-22)19(23(30)29(14)17)16-9-5-4-6-10-16/h4-13,15H,1-2H3,(H3,24,26,27,28)/t15-/m1/s1. The lowest BCUT2D eigenvalue weighted by molar-refractivity contribution is 0.866. The number of fused-ring (bicyclic) bond motifs is 1. The van der Waals surface area contributed by atoms with Crippen LogP contribution >= 0.6 is 0 Å². The summed E-state index contributed by atoms with van der Waals surface area (Å²) < 4.78 is 1.71. The normalized spacial score (nSPS) is 11.8. The van der Waals surface area contributed by atoms with Crippen LogP contribution in [0.4, 0.5) is 17.3 Å². The number of aryl methyl sites for hydroxylation is 1. The molecular weight excluding hydrogens is 376 g/mol. The van der Waals surface area contributed by atoms with Crippen molar-refractivity contribution in [3.05, 3.63) is 94.0 Å². The number of nitrogens with one attached hydrogen (secondary N) is 1. The fourth-order valence-electron chi connectivity index (χ4n) is 3.62. The molecule has 0 aliphatic carbocycles. The number of hydrogen-bond donors (Lipinski definition) is 2. The van der Waals surface area contributed by atoms with Crippen molar-refractivity contribution in [2.45, 2.75) is 19.9 Å². The molecule has 0 saturated carbocycles.